The van der Waals surface area contributed by atoms with Crippen molar-refractivity contribution in [2.45, 2.75) is 77.3 Å². The Morgan fingerprint density at radius 3 is 2.20 bits per heavy atom. The quantitative estimate of drug-likeness (QED) is 0.844. The van der Waals surface area contributed by atoms with Gasteiger partial charge in [-0.05, 0) is 62.9 Å². The molecule has 0 aromatic carbocycles. The first kappa shape index (κ1) is 14.8. The summed E-state index contributed by atoms with van der Waals surface area (Å²) < 4.78 is 0. The number of rotatable bonds is 4. The summed E-state index contributed by atoms with van der Waals surface area (Å²) in [6, 6.07) is 0.714. The van der Waals surface area contributed by atoms with E-state index in [1.807, 2.05) is 0 Å². The number of likely N-dealkylation sites (N-methyl/N-ethyl adjacent to an activating group) is 1. The Kier molecular flexibility index (Phi) is 3.49. The predicted molar refractivity (Wildman–Crippen MR) is 85.9 cm³/mol. The van der Waals surface area contributed by atoms with Crippen LogP contribution in [0.25, 0.3) is 0 Å². The fraction of sp³-hybridized carbons (Fsp3) is 1.00. The van der Waals surface area contributed by atoms with E-state index >= 15 is 0 Å². The Bertz CT molecular complexity index is 363. The van der Waals surface area contributed by atoms with Crippen molar-refractivity contribution in [1.82, 2.24) is 10.2 Å². The Hall–Kier alpha value is -0.0800. The molecule has 20 heavy (non-hydrogen) atoms. The minimum absolute atomic E-state index is 0.425. The van der Waals surface area contributed by atoms with Gasteiger partial charge in [0.25, 0.3) is 0 Å². The lowest BCUT2D eigenvalue weighted by atomic mass is 9.68. The van der Waals surface area contributed by atoms with E-state index in [0.29, 0.717) is 22.4 Å². The van der Waals surface area contributed by atoms with Gasteiger partial charge in [0.15, 0.2) is 0 Å². The second-order valence-corrected chi connectivity index (χ2v) is 9.05. The van der Waals surface area contributed by atoms with Crippen molar-refractivity contribution >= 4 is 0 Å². The predicted octanol–water partition coefficient (Wildman–Crippen LogP) is 3.67. The summed E-state index contributed by atoms with van der Waals surface area (Å²) in [6.45, 7) is 8.75. The Morgan fingerprint density at radius 2 is 1.70 bits per heavy atom. The molecule has 3 saturated carbocycles. The minimum atomic E-state index is 0.425. The second kappa shape index (κ2) is 4.71. The van der Waals surface area contributed by atoms with Crippen LogP contribution in [0.1, 0.15) is 65.7 Å². The molecule has 2 heteroatoms. The zero-order chi connectivity index (χ0) is 14.6. The third-order valence-electron chi connectivity index (χ3n) is 7.39. The highest BCUT2D eigenvalue weighted by Gasteiger charge is 2.59. The molecule has 116 valence electrons. The molecule has 1 N–H and O–H groups in total. The molecular formula is C18H34N2. The van der Waals surface area contributed by atoms with Crippen LogP contribution in [-0.2, 0) is 0 Å². The van der Waals surface area contributed by atoms with E-state index in [-0.39, 0.29) is 0 Å². The maximum atomic E-state index is 4.07. The maximum absolute atomic E-state index is 4.07. The van der Waals surface area contributed by atoms with Gasteiger partial charge in [0.1, 0.15) is 0 Å². The molecule has 3 fully saturated rings. The fourth-order valence-electron chi connectivity index (χ4n) is 5.92. The summed E-state index contributed by atoms with van der Waals surface area (Å²) >= 11 is 0. The number of fused-ring (bicyclic) bond motifs is 2. The molecule has 3 aliphatic rings. The molecule has 0 spiro atoms. The zero-order valence-corrected chi connectivity index (χ0v) is 14.3. The lowest BCUT2D eigenvalue weighted by Gasteiger charge is -2.46. The van der Waals surface area contributed by atoms with Crippen LogP contribution in [-0.4, -0.2) is 37.1 Å². The SMILES string of the molecule is CN(C)C1(CNC2C3(C)CCC(C3)C2(C)C)CCCC1. The summed E-state index contributed by atoms with van der Waals surface area (Å²) in [5.41, 5.74) is 1.47. The molecule has 3 unspecified atom stereocenters. The first-order chi connectivity index (χ1) is 9.30. The summed E-state index contributed by atoms with van der Waals surface area (Å²) in [5.74, 6) is 0.948. The van der Waals surface area contributed by atoms with Gasteiger partial charge in [0, 0.05) is 18.1 Å². The van der Waals surface area contributed by atoms with Crippen LogP contribution >= 0.6 is 0 Å². The summed E-state index contributed by atoms with van der Waals surface area (Å²) in [5, 5.41) is 4.07. The Balaban J connectivity index is 1.72. The largest absolute Gasteiger partial charge is 0.311 e. The lowest BCUT2D eigenvalue weighted by Crippen LogP contribution is -2.57. The van der Waals surface area contributed by atoms with E-state index < -0.39 is 0 Å². The third-order valence-corrected chi connectivity index (χ3v) is 7.39. The maximum Gasteiger partial charge on any atom is 0.0327 e. The number of hydrogen-bond donors (Lipinski definition) is 1. The van der Waals surface area contributed by atoms with Crippen LogP contribution < -0.4 is 5.32 Å². The van der Waals surface area contributed by atoms with Crippen molar-refractivity contribution in [3.8, 4) is 0 Å². The van der Waals surface area contributed by atoms with Crippen molar-refractivity contribution in [2.75, 3.05) is 20.6 Å². The van der Waals surface area contributed by atoms with Gasteiger partial charge in [0.05, 0.1) is 0 Å². The standard InChI is InChI=1S/C18H34N2/c1-16(2)14-8-11-17(3,12-14)15(16)19-13-18(20(4)5)9-6-7-10-18/h14-15,19H,6-13H2,1-5H3. The van der Waals surface area contributed by atoms with Crippen molar-refractivity contribution in [3.05, 3.63) is 0 Å². The van der Waals surface area contributed by atoms with E-state index in [1.165, 1.54) is 51.5 Å². The Morgan fingerprint density at radius 1 is 1.05 bits per heavy atom. The van der Waals surface area contributed by atoms with Gasteiger partial charge in [-0.2, -0.15) is 0 Å². The molecule has 0 aliphatic heterocycles. The average molecular weight is 278 g/mol. The van der Waals surface area contributed by atoms with Crippen molar-refractivity contribution in [3.63, 3.8) is 0 Å². The van der Waals surface area contributed by atoms with Gasteiger partial charge < -0.3 is 10.2 Å². The number of nitrogens with one attached hydrogen (secondary N) is 1. The molecule has 0 amide bonds. The summed E-state index contributed by atoms with van der Waals surface area (Å²) in [7, 11) is 4.56. The van der Waals surface area contributed by atoms with E-state index in [9.17, 15) is 0 Å². The highest BCUT2D eigenvalue weighted by Crippen LogP contribution is 2.62. The molecule has 2 nitrogen and oxygen atoms in total. The van der Waals surface area contributed by atoms with Crippen LogP contribution in [0.3, 0.4) is 0 Å². The van der Waals surface area contributed by atoms with Gasteiger partial charge in [-0.15, -0.1) is 0 Å². The molecule has 0 aromatic heterocycles. The fourth-order valence-corrected chi connectivity index (χ4v) is 5.92. The van der Waals surface area contributed by atoms with Gasteiger partial charge in [-0.25, -0.2) is 0 Å². The smallest absolute Gasteiger partial charge is 0.0327 e. The highest BCUT2D eigenvalue weighted by atomic mass is 15.2. The normalized spacial score (nSPS) is 41.7. The van der Waals surface area contributed by atoms with Crippen molar-refractivity contribution in [2.24, 2.45) is 16.7 Å². The van der Waals surface area contributed by atoms with Crippen LogP contribution in [0.2, 0.25) is 0 Å². The first-order valence-electron chi connectivity index (χ1n) is 8.71. The second-order valence-electron chi connectivity index (χ2n) is 9.05. The number of hydrogen-bond acceptors (Lipinski definition) is 2. The molecule has 3 aliphatic carbocycles. The van der Waals surface area contributed by atoms with E-state index in [0.717, 1.165) is 5.92 Å². The van der Waals surface area contributed by atoms with Crippen molar-refractivity contribution in [1.29, 1.82) is 0 Å². The molecule has 3 rings (SSSR count). The van der Waals surface area contributed by atoms with E-state index in [2.05, 4.69) is 45.1 Å². The topological polar surface area (TPSA) is 15.3 Å². The summed E-state index contributed by atoms with van der Waals surface area (Å²) in [6.07, 6.45) is 9.92. The van der Waals surface area contributed by atoms with Gasteiger partial charge in [0.2, 0.25) is 0 Å². The molecule has 0 aromatic rings. The summed E-state index contributed by atoms with van der Waals surface area (Å²) in [4.78, 5) is 2.50. The Labute approximate surface area is 125 Å². The van der Waals surface area contributed by atoms with Crippen LogP contribution in [0.15, 0.2) is 0 Å². The molecule has 3 atom stereocenters. The van der Waals surface area contributed by atoms with E-state index in [4.69, 9.17) is 0 Å². The molecule has 0 radical (unpaired) electrons. The molecular weight excluding hydrogens is 244 g/mol. The van der Waals surface area contributed by atoms with Crippen molar-refractivity contribution < 1.29 is 0 Å². The highest BCUT2D eigenvalue weighted by molar-refractivity contribution is 5.12. The van der Waals surface area contributed by atoms with Crippen LogP contribution in [0.4, 0.5) is 0 Å². The number of nitrogens with zero attached hydrogens (tertiary/aromatic N) is 1. The van der Waals surface area contributed by atoms with Gasteiger partial charge in [-0.1, -0.05) is 33.6 Å². The van der Waals surface area contributed by atoms with Crippen LogP contribution in [0.5, 0.6) is 0 Å². The molecule has 0 saturated heterocycles. The molecule has 2 bridgehead atoms. The zero-order valence-electron chi connectivity index (χ0n) is 14.3. The minimum Gasteiger partial charge on any atom is -0.311 e. The molecule has 0 heterocycles. The lowest BCUT2D eigenvalue weighted by molar-refractivity contribution is 0.0803. The monoisotopic (exact) mass is 278 g/mol. The van der Waals surface area contributed by atoms with Crippen LogP contribution in [0, 0.1) is 16.7 Å². The first-order valence-corrected chi connectivity index (χ1v) is 8.71. The van der Waals surface area contributed by atoms with E-state index in [1.54, 1.807) is 0 Å². The third kappa shape index (κ3) is 2.06. The average Bonchev–Trinajstić information content (AvgIpc) is 3.00. The van der Waals surface area contributed by atoms with Gasteiger partial charge >= 0.3 is 0 Å². The van der Waals surface area contributed by atoms with Gasteiger partial charge in [-0.3, -0.25) is 0 Å².